The van der Waals surface area contributed by atoms with Crippen molar-refractivity contribution in [1.29, 1.82) is 0 Å². The molecular formula is C16H27N3O. The van der Waals surface area contributed by atoms with Crippen molar-refractivity contribution in [2.75, 3.05) is 19.0 Å². The summed E-state index contributed by atoms with van der Waals surface area (Å²) in [5.41, 5.74) is 7.08. The Morgan fingerprint density at radius 2 is 1.80 bits per heavy atom. The maximum atomic E-state index is 5.98. The Bertz CT molecular complexity index is 431. The highest BCUT2D eigenvalue weighted by molar-refractivity contribution is 5.93. The molecule has 1 aromatic carbocycles. The van der Waals surface area contributed by atoms with Gasteiger partial charge in [0.25, 0.3) is 0 Å². The number of aliphatic imine (C=N–C) groups is 1. The van der Waals surface area contributed by atoms with E-state index < -0.39 is 0 Å². The van der Waals surface area contributed by atoms with Gasteiger partial charge in [0.2, 0.25) is 0 Å². The van der Waals surface area contributed by atoms with Crippen molar-refractivity contribution in [2.24, 2.45) is 16.1 Å². The number of nitrogens with one attached hydrogen (secondary N) is 1. The Labute approximate surface area is 122 Å². The van der Waals surface area contributed by atoms with E-state index in [4.69, 9.17) is 10.5 Å². The molecule has 0 aromatic heterocycles. The monoisotopic (exact) mass is 277 g/mol. The number of rotatable bonds is 7. The van der Waals surface area contributed by atoms with Crippen molar-refractivity contribution in [3.05, 3.63) is 24.3 Å². The molecule has 0 saturated heterocycles. The number of methoxy groups -OCH3 is 1. The number of ether oxygens (including phenoxy) is 1. The lowest BCUT2D eigenvalue weighted by Gasteiger charge is -2.28. The van der Waals surface area contributed by atoms with Crippen molar-refractivity contribution in [3.8, 4) is 5.75 Å². The van der Waals surface area contributed by atoms with Crippen LogP contribution in [0.25, 0.3) is 0 Å². The van der Waals surface area contributed by atoms with Crippen LogP contribution in [0.3, 0.4) is 0 Å². The zero-order valence-corrected chi connectivity index (χ0v) is 13.1. The van der Waals surface area contributed by atoms with E-state index in [9.17, 15) is 0 Å². The zero-order valence-electron chi connectivity index (χ0n) is 13.1. The van der Waals surface area contributed by atoms with Crippen LogP contribution in [0.1, 0.15) is 40.0 Å². The van der Waals surface area contributed by atoms with Crippen LogP contribution < -0.4 is 15.8 Å². The average Bonchev–Trinajstić information content (AvgIpc) is 2.50. The SMILES string of the molecule is CCC(CC)(CC)CN=C(N)Nc1ccccc1OC. The molecule has 0 unspecified atom stereocenters. The van der Waals surface area contributed by atoms with E-state index in [0.717, 1.165) is 37.2 Å². The van der Waals surface area contributed by atoms with Crippen molar-refractivity contribution >= 4 is 11.6 Å². The number of hydrogen-bond acceptors (Lipinski definition) is 2. The normalized spacial score (nSPS) is 12.3. The van der Waals surface area contributed by atoms with Crippen molar-refractivity contribution in [3.63, 3.8) is 0 Å². The van der Waals surface area contributed by atoms with Gasteiger partial charge in [0.05, 0.1) is 12.8 Å². The second-order valence-electron chi connectivity index (χ2n) is 5.09. The minimum absolute atomic E-state index is 0.257. The third-order valence-electron chi connectivity index (χ3n) is 4.20. The van der Waals surface area contributed by atoms with Gasteiger partial charge in [0, 0.05) is 6.54 Å². The molecule has 0 aliphatic rings. The van der Waals surface area contributed by atoms with Gasteiger partial charge in [-0.2, -0.15) is 0 Å². The number of hydrogen-bond donors (Lipinski definition) is 2. The summed E-state index contributed by atoms with van der Waals surface area (Å²) in [6.45, 7) is 7.40. The predicted molar refractivity (Wildman–Crippen MR) is 86.4 cm³/mol. The van der Waals surface area contributed by atoms with Gasteiger partial charge >= 0.3 is 0 Å². The maximum Gasteiger partial charge on any atom is 0.193 e. The predicted octanol–water partition coefficient (Wildman–Crippen LogP) is 3.64. The summed E-state index contributed by atoms with van der Waals surface area (Å²) in [4.78, 5) is 4.51. The second-order valence-corrected chi connectivity index (χ2v) is 5.09. The summed E-state index contributed by atoms with van der Waals surface area (Å²) in [6.07, 6.45) is 3.35. The fourth-order valence-electron chi connectivity index (χ4n) is 2.26. The van der Waals surface area contributed by atoms with Gasteiger partial charge in [-0.3, -0.25) is 4.99 Å². The van der Waals surface area contributed by atoms with Gasteiger partial charge in [-0.05, 0) is 36.8 Å². The topological polar surface area (TPSA) is 59.6 Å². The number of benzene rings is 1. The van der Waals surface area contributed by atoms with Crippen LogP contribution in [-0.4, -0.2) is 19.6 Å². The minimum atomic E-state index is 0.257. The van der Waals surface area contributed by atoms with Crippen molar-refractivity contribution < 1.29 is 4.74 Å². The molecule has 4 heteroatoms. The number of para-hydroxylation sites is 2. The average molecular weight is 277 g/mol. The highest BCUT2D eigenvalue weighted by Crippen LogP contribution is 2.30. The Balaban J connectivity index is 2.75. The standard InChI is InChI=1S/C16H27N3O/c1-5-16(6-2,7-3)12-18-15(17)19-13-10-8-9-11-14(13)20-4/h8-11H,5-7,12H2,1-4H3,(H3,17,18,19). The number of nitrogens with zero attached hydrogens (tertiary/aromatic N) is 1. The lowest BCUT2D eigenvalue weighted by atomic mass is 9.80. The Kier molecular flexibility index (Phi) is 6.36. The molecule has 20 heavy (non-hydrogen) atoms. The van der Waals surface area contributed by atoms with E-state index in [0.29, 0.717) is 5.96 Å². The van der Waals surface area contributed by atoms with E-state index in [1.807, 2.05) is 24.3 Å². The third kappa shape index (κ3) is 4.15. The van der Waals surface area contributed by atoms with Crippen LogP contribution in [0, 0.1) is 5.41 Å². The van der Waals surface area contributed by atoms with E-state index in [-0.39, 0.29) is 5.41 Å². The molecule has 1 aromatic rings. The number of nitrogens with two attached hydrogens (primary N) is 1. The largest absolute Gasteiger partial charge is 0.495 e. The van der Waals surface area contributed by atoms with Crippen molar-refractivity contribution in [1.82, 2.24) is 0 Å². The van der Waals surface area contributed by atoms with Gasteiger partial charge in [-0.25, -0.2) is 0 Å². The first kappa shape index (κ1) is 16.3. The minimum Gasteiger partial charge on any atom is -0.495 e. The molecule has 0 atom stereocenters. The molecule has 3 N–H and O–H groups in total. The van der Waals surface area contributed by atoms with Crippen LogP contribution in [0.5, 0.6) is 5.75 Å². The first-order chi connectivity index (χ1) is 9.60. The fourth-order valence-corrected chi connectivity index (χ4v) is 2.26. The van der Waals surface area contributed by atoms with Crippen LogP contribution in [-0.2, 0) is 0 Å². The quantitative estimate of drug-likeness (QED) is 0.591. The lowest BCUT2D eigenvalue weighted by Crippen LogP contribution is -2.28. The Hall–Kier alpha value is -1.71. The summed E-state index contributed by atoms with van der Waals surface area (Å²) in [5, 5.41) is 3.11. The van der Waals surface area contributed by atoms with Crippen LogP contribution in [0.2, 0.25) is 0 Å². The fraction of sp³-hybridized carbons (Fsp3) is 0.562. The molecule has 1 rings (SSSR count). The summed E-state index contributed by atoms with van der Waals surface area (Å²) >= 11 is 0. The van der Waals surface area contributed by atoms with E-state index >= 15 is 0 Å². The molecule has 112 valence electrons. The first-order valence-corrected chi connectivity index (χ1v) is 7.30. The number of guanidine groups is 1. The highest BCUT2D eigenvalue weighted by Gasteiger charge is 2.23. The number of anilines is 1. The molecular weight excluding hydrogens is 250 g/mol. The molecule has 0 fully saturated rings. The molecule has 0 amide bonds. The maximum absolute atomic E-state index is 5.98. The summed E-state index contributed by atoms with van der Waals surface area (Å²) in [6, 6.07) is 7.68. The van der Waals surface area contributed by atoms with Gasteiger partial charge in [-0.1, -0.05) is 32.9 Å². The first-order valence-electron chi connectivity index (χ1n) is 7.30. The van der Waals surface area contributed by atoms with E-state index in [2.05, 4.69) is 31.1 Å². The van der Waals surface area contributed by atoms with Gasteiger partial charge in [-0.15, -0.1) is 0 Å². The highest BCUT2D eigenvalue weighted by atomic mass is 16.5. The van der Waals surface area contributed by atoms with Crippen LogP contribution in [0.4, 0.5) is 5.69 Å². The Morgan fingerprint density at radius 1 is 1.20 bits per heavy atom. The molecule has 0 aliphatic heterocycles. The van der Waals surface area contributed by atoms with Crippen LogP contribution >= 0.6 is 0 Å². The van der Waals surface area contributed by atoms with Crippen LogP contribution in [0.15, 0.2) is 29.3 Å². The molecule has 0 spiro atoms. The zero-order chi connectivity index (χ0) is 15.0. The summed E-state index contributed by atoms with van der Waals surface area (Å²) in [5.74, 6) is 1.20. The van der Waals surface area contributed by atoms with Gasteiger partial charge in [0.1, 0.15) is 5.75 Å². The van der Waals surface area contributed by atoms with Crippen molar-refractivity contribution in [2.45, 2.75) is 40.0 Å². The van der Waals surface area contributed by atoms with Gasteiger partial charge < -0.3 is 15.8 Å². The summed E-state index contributed by atoms with van der Waals surface area (Å²) in [7, 11) is 1.64. The van der Waals surface area contributed by atoms with E-state index in [1.165, 1.54) is 0 Å². The molecule has 0 heterocycles. The van der Waals surface area contributed by atoms with Gasteiger partial charge in [0.15, 0.2) is 5.96 Å². The smallest absolute Gasteiger partial charge is 0.193 e. The summed E-state index contributed by atoms with van der Waals surface area (Å²) < 4.78 is 5.28. The molecule has 0 bridgehead atoms. The Morgan fingerprint density at radius 3 is 2.35 bits per heavy atom. The van der Waals surface area contributed by atoms with E-state index in [1.54, 1.807) is 7.11 Å². The second kappa shape index (κ2) is 7.78. The third-order valence-corrected chi connectivity index (χ3v) is 4.20. The molecule has 4 nitrogen and oxygen atoms in total. The lowest BCUT2D eigenvalue weighted by molar-refractivity contribution is 0.263. The molecule has 0 radical (unpaired) electrons. The molecule has 0 saturated carbocycles. The molecule has 0 aliphatic carbocycles.